The van der Waals surface area contributed by atoms with Crippen LogP contribution in [0.2, 0.25) is 5.02 Å². The van der Waals surface area contributed by atoms with Gasteiger partial charge in [0.2, 0.25) is 5.91 Å². The zero-order valence-corrected chi connectivity index (χ0v) is 14.6. The highest BCUT2D eigenvalue weighted by Gasteiger charge is 2.42. The predicted molar refractivity (Wildman–Crippen MR) is 94.0 cm³/mol. The van der Waals surface area contributed by atoms with Gasteiger partial charge in [-0.3, -0.25) is 4.79 Å². The maximum atomic E-state index is 13.6. The quantitative estimate of drug-likeness (QED) is 0.531. The Morgan fingerprint density at radius 1 is 1.38 bits per heavy atom. The number of unbranched alkanes of at least 4 members (excludes halogenated alkanes) is 1. The third-order valence-corrected chi connectivity index (χ3v) is 6.03. The first kappa shape index (κ1) is 17.4. The summed E-state index contributed by atoms with van der Waals surface area (Å²) in [6.07, 6.45) is 2.93. The summed E-state index contributed by atoms with van der Waals surface area (Å²) in [6, 6.07) is 4.51. The van der Waals surface area contributed by atoms with E-state index >= 15 is 0 Å². The summed E-state index contributed by atoms with van der Waals surface area (Å²) in [7, 11) is 0. The maximum Gasteiger partial charge on any atom is 0.315 e. The minimum Gasteiger partial charge on any atom is -0.332 e. The van der Waals surface area contributed by atoms with Gasteiger partial charge in [-0.05, 0) is 31.0 Å². The van der Waals surface area contributed by atoms with Crippen molar-refractivity contribution in [1.29, 1.82) is 0 Å². The fourth-order valence-electron chi connectivity index (χ4n) is 3.08. The molecule has 0 aromatic heterocycles. The Bertz CT molecular complexity index is 646. The average Bonchev–Trinajstić information content (AvgIpc) is 3.06. The number of amides is 3. The van der Waals surface area contributed by atoms with Crippen molar-refractivity contribution < 1.29 is 14.0 Å². The van der Waals surface area contributed by atoms with Gasteiger partial charge in [0.1, 0.15) is 5.82 Å². The Balaban J connectivity index is 1.37. The third kappa shape index (κ3) is 4.13. The molecule has 3 amide bonds. The molecular formula is C16H19ClFN3O2S. The summed E-state index contributed by atoms with van der Waals surface area (Å²) >= 11 is 7.54. The Labute approximate surface area is 149 Å². The van der Waals surface area contributed by atoms with E-state index in [1.54, 1.807) is 0 Å². The minimum absolute atomic E-state index is 0.0836. The molecule has 5 nitrogen and oxygen atoms in total. The molecule has 2 heterocycles. The van der Waals surface area contributed by atoms with Crippen molar-refractivity contribution >= 4 is 41.0 Å². The topological polar surface area (TPSA) is 70.2 Å². The number of halogens is 2. The molecule has 8 heteroatoms. The molecule has 0 radical (unpaired) electrons. The molecule has 3 atom stereocenters. The third-order valence-electron chi connectivity index (χ3n) is 4.29. The Kier molecular flexibility index (Phi) is 5.50. The Morgan fingerprint density at radius 2 is 2.21 bits per heavy atom. The molecule has 0 spiro atoms. The standard InChI is InChI=1S/C16H19ClFN3O2S/c17-9-5-6-11(10(18)7-9)19-14(22)4-2-1-3-13-15-12(8-24-13)20-16(23)21-15/h5-7,12-13,15H,1-4,8H2,(H,19,22)(H2,20,21,23). The molecule has 2 aliphatic rings. The van der Waals surface area contributed by atoms with E-state index in [0.29, 0.717) is 16.7 Å². The van der Waals surface area contributed by atoms with Gasteiger partial charge in [0.15, 0.2) is 0 Å². The summed E-state index contributed by atoms with van der Waals surface area (Å²) in [5.74, 6) is 0.197. The first-order valence-electron chi connectivity index (χ1n) is 7.96. The number of rotatable bonds is 6. The van der Waals surface area contributed by atoms with E-state index in [4.69, 9.17) is 11.6 Å². The average molecular weight is 372 g/mol. The number of fused-ring (bicyclic) bond motifs is 1. The summed E-state index contributed by atoms with van der Waals surface area (Å²) in [5.41, 5.74) is 0.151. The van der Waals surface area contributed by atoms with E-state index in [2.05, 4.69) is 16.0 Å². The molecule has 2 aliphatic heterocycles. The van der Waals surface area contributed by atoms with Crippen LogP contribution >= 0.6 is 23.4 Å². The van der Waals surface area contributed by atoms with Gasteiger partial charge >= 0.3 is 6.03 Å². The second-order valence-corrected chi connectivity index (χ2v) is 7.75. The molecule has 0 saturated carbocycles. The Hall–Kier alpha value is -1.47. The van der Waals surface area contributed by atoms with Crippen molar-refractivity contribution in [2.75, 3.05) is 11.1 Å². The number of nitrogens with one attached hydrogen (secondary N) is 3. The van der Waals surface area contributed by atoms with Crippen molar-refractivity contribution in [1.82, 2.24) is 10.6 Å². The predicted octanol–water partition coefficient (Wildman–Crippen LogP) is 3.14. The van der Waals surface area contributed by atoms with Crippen LogP contribution in [0.25, 0.3) is 0 Å². The first-order valence-corrected chi connectivity index (χ1v) is 9.39. The number of thioether (sulfide) groups is 1. The molecule has 24 heavy (non-hydrogen) atoms. The summed E-state index contributed by atoms with van der Waals surface area (Å²) in [6.45, 7) is 0. The highest BCUT2D eigenvalue weighted by molar-refractivity contribution is 8.00. The van der Waals surface area contributed by atoms with E-state index in [1.807, 2.05) is 11.8 Å². The van der Waals surface area contributed by atoms with E-state index in [1.165, 1.54) is 18.2 Å². The van der Waals surface area contributed by atoms with Crippen LogP contribution < -0.4 is 16.0 Å². The van der Waals surface area contributed by atoms with Gasteiger partial charge in [-0.15, -0.1) is 0 Å². The van der Waals surface area contributed by atoms with Gasteiger partial charge in [0.05, 0.1) is 17.8 Å². The van der Waals surface area contributed by atoms with E-state index in [0.717, 1.165) is 25.0 Å². The molecule has 2 saturated heterocycles. The smallest absolute Gasteiger partial charge is 0.315 e. The van der Waals surface area contributed by atoms with Crippen LogP contribution in [-0.2, 0) is 4.79 Å². The maximum absolute atomic E-state index is 13.6. The Morgan fingerprint density at radius 3 is 3.00 bits per heavy atom. The van der Waals surface area contributed by atoms with Crippen molar-refractivity contribution in [3.63, 3.8) is 0 Å². The number of carbonyl (C=O) groups is 2. The number of hydrogen-bond acceptors (Lipinski definition) is 3. The molecule has 1 aromatic rings. The summed E-state index contributed by atoms with van der Waals surface area (Å²) in [4.78, 5) is 23.2. The van der Waals surface area contributed by atoms with Gasteiger partial charge < -0.3 is 16.0 Å². The van der Waals surface area contributed by atoms with Crippen LogP contribution in [0.1, 0.15) is 25.7 Å². The van der Waals surface area contributed by atoms with Gasteiger partial charge in [-0.1, -0.05) is 18.0 Å². The molecule has 0 aliphatic carbocycles. The number of benzene rings is 1. The van der Waals surface area contributed by atoms with Crippen LogP contribution in [0.15, 0.2) is 18.2 Å². The minimum atomic E-state index is -0.534. The normalized spacial score (nSPS) is 25.1. The zero-order valence-electron chi connectivity index (χ0n) is 13.0. The molecule has 1 aromatic carbocycles. The molecule has 130 valence electrons. The lowest BCUT2D eigenvalue weighted by atomic mass is 10.0. The molecule has 3 unspecified atom stereocenters. The van der Waals surface area contributed by atoms with Crippen molar-refractivity contribution in [2.24, 2.45) is 0 Å². The molecular weight excluding hydrogens is 353 g/mol. The van der Waals surface area contributed by atoms with Crippen LogP contribution in [0.5, 0.6) is 0 Å². The van der Waals surface area contributed by atoms with E-state index < -0.39 is 5.82 Å². The lowest BCUT2D eigenvalue weighted by Gasteiger charge is -2.16. The molecule has 0 bridgehead atoms. The van der Waals surface area contributed by atoms with Gasteiger partial charge in [0.25, 0.3) is 0 Å². The lowest BCUT2D eigenvalue weighted by molar-refractivity contribution is -0.116. The number of carbonyl (C=O) groups excluding carboxylic acids is 2. The summed E-state index contributed by atoms with van der Waals surface area (Å²) < 4.78 is 13.6. The van der Waals surface area contributed by atoms with Gasteiger partial charge in [0, 0.05) is 22.4 Å². The molecule has 2 fully saturated rings. The second kappa shape index (κ2) is 7.61. The number of anilines is 1. The van der Waals surface area contributed by atoms with E-state index in [9.17, 15) is 14.0 Å². The highest BCUT2D eigenvalue weighted by Crippen LogP contribution is 2.33. The molecule has 3 rings (SSSR count). The van der Waals surface area contributed by atoms with Crippen molar-refractivity contribution in [3.8, 4) is 0 Å². The zero-order chi connectivity index (χ0) is 17.1. The van der Waals surface area contributed by atoms with E-state index in [-0.39, 0.29) is 29.7 Å². The monoisotopic (exact) mass is 371 g/mol. The highest BCUT2D eigenvalue weighted by atomic mass is 35.5. The number of urea groups is 1. The van der Waals surface area contributed by atoms with Crippen molar-refractivity contribution in [3.05, 3.63) is 29.0 Å². The second-order valence-electron chi connectivity index (χ2n) is 6.04. The fourth-order valence-corrected chi connectivity index (χ4v) is 4.78. The van der Waals surface area contributed by atoms with Crippen molar-refractivity contribution in [2.45, 2.75) is 43.0 Å². The first-order chi connectivity index (χ1) is 11.5. The van der Waals surface area contributed by atoms with Crippen LogP contribution in [0, 0.1) is 5.82 Å². The fraction of sp³-hybridized carbons (Fsp3) is 0.500. The summed E-state index contributed by atoms with van der Waals surface area (Å²) in [5, 5.41) is 9.12. The van der Waals surface area contributed by atoms with Crippen LogP contribution in [-0.4, -0.2) is 35.0 Å². The van der Waals surface area contributed by atoms with Crippen LogP contribution in [0.3, 0.4) is 0 Å². The number of hydrogen-bond donors (Lipinski definition) is 3. The van der Waals surface area contributed by atoms with Gasteiger partial charge in [-0.2, -0.15) is 11.8 Å². The molecule has 3 N–H and O–H groups in total. The van der Waals surface area contributed by atoms with Crippen LogP contribution in [0.4, 0.5) is 14.9 Å². The van der Waals surface area contributed by atoms with Gasteiger partial charge in [-0.25, -0.2) is 9.18 Å². The lowest BCUT2D eigenvalue weighted by Crippen LogP contribution is -2.36. The SMILES string of the molecule is O=C(CCCCC1SCC2NC(=O)NC21)Nc1ccc(Cl)cc1F. The largest absolute Gasteiger partial charge is 0.332 e.